The van der Waals surface area contributed by atoms with E-state index in [0.717, 1.165) is 18.5 Å². The first kappa shape index (κ1) is 14.8. The Kier molecular flexibility index (Phi) is 3.33. The van der Waals surface area contributed by atoms with E-state index in [4.69, 9.17) is 4.52 Å². The molecule has 24 heavy (non-hydrogen) atoms. The van der Waals surface area contributed by atoms with Gasteiger partial charge in [-0.25, -0.2) is 9.37 Å². The lowest BCUT2D eigenvalue weighted by molar-refractivity contribution is 0.102. The smallest absolute Gasteiger partial charge is 0.259 e. The van der Waals surface area contributed by atoms with E-state index in [2.05, 4.69) is 15.5 Å². The molecule has 1 aromatic carbocycles. The highest BCUT2D eigenvalue weighted by Crippen LogP contribution is 2.40. The first-order valence-electron chi connectivity index (χ1n) is 7.87. The lowest BCUT2D eigenvalue weighted by Gasteiger charge is -2.10. The summed E-state index contributed by atoms with van der Waals surface area (Å²) in [5, 5.41) is 7.40. The maximum Gasteiger partial charge on any atom is 0.259 e. The monoisotopic (exact) mass is 325 g/mol. The summed E-state index contributed by atoms with van der Waals surface area (Å²) in [6.45, 7) is 3.53. The molecular weight excluding hydrogens is 309 g/mol. The number of halogens is 1. The quantitative estimate of drug-likeness (QED) is 0.787. The molecule has 0 radical (unpaired) electrons. The topological polar surface area (TPSA) is 68.0 Å². The van der Waals surface area contributed by atoms with Gasteiger partial charge in [0.15, 0.2) is 0 Å². The molecule has 1 fully saturated rings. The minimum atomic E-state index is -0.331. The van der Waals surface area contributed by atoms with E-state index < -0.39 is 0 Å². The average molecular weight is 325 g/mol. The molecule has 6 heteroatoms. The van der Waals surface area contributed by atoms with Gasteiger partial charge in [-0.05, 0) is 56.5 Å². The van der Waals surface area contributed by atoms with Gasteiger partial charge in [0, 0.05) is 17.3 Å². The van der Waals surface area contributed by atoms with Crippen LogP contribution in [0.25, 0.3) is 11.1 Å². The van der Waals surface area contributed by atoms with E-state index in [1.807, 2.05) is 6.07 Å². The molecule has 1 amide bonds. The predicted octanol–water partition coefficient (Wildman–Crippen LogP) is 4.11. The van der Waals surface area contributed by atoms with Gasteiger partial charge in [-0.1, -0.05) is 5.16 Å². The molecule has 1 saturated carbocycles. The van der Waals surface area contributed by atoms with Crippen molar-refractivity contribution in [2.24, 2.45) is 0 Å². The molecule has 2 aromatic heterocycles. The number of fused-ring (bicyclic) bond motifs is 1. The lowest BCUT2D eigenvalue weighted by Crippen LogP contribution is -2.14. The number of rotatable bonds is 3. The first-order chi connectivity index (χ1) is 11.5. The number of nitrogens with zero attached hydrogens (tertiary/aromatic N) is 2. The van der Waals surface area contributed by atoms with Crippen LogP contribution < -0.4 is 5.32 Å². The Labute approximate surface area is 137 Å². The van der Waals surface area contributed by atoms with Gasteiger partial charge >= 0.3 is 0 Å². The number of aromatic nitrogens is 2. The molecular formula is C18H16FN3O2. The van der Waals surface area contributed by atoms with Gasteiger partial charge in [-0.2, -0.15) is 0 Å². The summed E-state index contributed by atoms with van der Waals surface area (Å²) in [5.41, 5.74) is 3.61. The van der Waals surface area contributed by atoms with Crippen molar-refractivity contribution in [2.75, 3.05) is 5.32 Å². The molecule has 1 N–H and O–H groups in total. The molecule has 4 rings (SSSR count). The van der Waals surface area contributed by atoms with Crippen LogP contribution in [-0.2, 0) is 0 Å². The predicted molar refractivity (Wildman–Crippen MR) is 87.6 cm³/mol. The third-order valence-corrected chi connectivity index (χ3v) is 4.31. The Morgan fingerprint density at radius 2 is 2.08 bits per heavy atom. The largest absolute Gasteiger partial charge is 0.336 e. The summed E-state index contributed by atoms with van der Waals surface area (Å²) in [4.78, 5) is 17.3. The van der Waals surface area contributed by atoms with Crippen LogP contribution in [0, 0.1) is 19.7 Å². The highest BCUT2D eigenvalue weighted by atomic mass is 19.1. The fourth-order valence-electron chi connectivity index (χ4n) is 2.84. The van der Waals surface area contributed by atoms with Crippen LogP contribution in [0.4, 0.5) is 10.1 Å². The van der Waals surface area contributed by atoms with Crippen molar-refractivity contribution in [1.29, 1.82) is 0 Å². The van der Waals surface area contributed by atoms with Gasteiger partial charge in [-0.15, -0.1) is 0 Å². The Morgan fingerprint density at radius 1 is 1.29 bits per heavy atom. The van der Waals surface area contributed by atoms with Crippen molar-refractivity contribution >= 4 is 22.7 Å². The number of pyridine rings is 1. The SMILES string of the molecule is Cc1cc(F)ccc1NC(=O)c1cc(C2CC2)nc2onc(C)c12. The summed E-state index contributed by atoms with van der Waals surface area (Å²) in [6.07, 6.45) is 2.15. The molecule has 5 nitrogen and oxygen atoms in total. The Balaban J connectivity index is 1.76. The normalized spacial score (nSPS) is 14.1. The number of hydrogen-bond donors (Lipinski definition) is 1. The van der Waals surface area contributed by atoms with Crippen LogP contribution in [0.5, 0.6) is 0 Å². The van der Waals surface area contributed by atoms with Crippen LogP contribution in [0.1, 0.15) is 46.1 Å². The van der Waals surface area contributed by atoms with Crippen molar-refractivity contribution in [3.8, 4) is 0 Å². The number of aryl methyl sites for hydroxylation is 2. The number of nitrogens with one attached hydrogen (secondary N) is 1. The van der Waals surface area contributed by atoms with Crippen LogP contribution in [-0.4, -0.2) is 16.0 Å². The summed E-state index contributed by atoms with van der Waals surface area (Å²) < 4.78 is 18.5. The number of amides is 1. The molecule has 3 aromatic rings. The molecule has 0 aliphatic heterocycles. The van der Waals surface area contributed by atoms with Crippen LogP contribution in [0.15, 0.2) is 28.8 Å². The number of benzene rings is 1. The van der Waals surface area contributed by atoms with Gasteiger partial charge < -0.3 is 9.84 Å². The zero-order valence-electron chi connectivity index (χ0n) is 13.4. The van der Waals surface area contributed by atoms with E-state index in [1.54, 1.807) is 19.9 Å². The van der Waals surface area contributed by atoms with Crippen molar-refractivity contribution < 1.29 is 13.7 Å². The maximum absolute atomic E-state index is 13.2. The molecule has 2 heterocycles. The Bertz CT molecular complexity index is 960. The zero-order valence-corrected chi connectivity index (χ0v) is 13.4. The molecule has 122 valence electrons. The second-order valence-corrected chi connectivity index (χ2v) is 6.23. The summed E-state index contributed by atoms with van der Waals surface area (Å²) in [5.74, 6) is -0.216. The third-order valence-electron chi connectivity index (χ3n) is 4.31. The molecule has 1 aliphatic rings. The van der Waals surface area contributed by atoms with Gasteiger partial charge in [0.1, 0.15) is 5.82 Å². The van der Waals surface area contributed by atoms with Crippen molar-refractivity contribution in [3.05, 3.63) is 52.6 Å². The van der Waals surface area contributed by atoms with E-state index in [9.17, 15) is 9.18 Å². The highest BCUT2D eigenvalue weighted by Gasteiger charge is 2.28. The minimum absolute atomic E-state index is 0.273. The van der Waals surface area contributed by atoms with Crippen molar-refractivity contribution in [2.45, 2.75) is 32.6 Å². The summed E-state index contributed by atoms with van der Waals surface area (Å²) in [7, 11) is 0. The number of anilines is 1. The van der Waals surface area contributed by atoms with E-state index in [1.165, 1.54) is 12.1 Å². The molecule has 0 unspecified atom stereocenters. The molecule has 0 spiro atoms. The second-order valence-electron chi connectivity index (χ2n) is 6.23. The number of hydrogen-bond acceptors (Lipinski definition) is 4. The summed E-state index contributed by atoms with van der Waals surface area (Å²) in [6, 6.07) is 6.09. The van der Waals surface area contributed by atoms with Gasteiger partial charge in [0.25, 0.3) is 11.6 Å². The Morgan fingerprint density at radius 3 is 2.79 bits per heavy atom. The molecule has 0 atom stereocenters. The van der Waals surface area contributed by atoms with Crippen LogP contribution >= 0.6 is 0 Å². The minimum Gasteiger partial charge on any atom is -0.336 e. The van der Waals surface area contributed by atoms with E-state index in [-0.39, 0.29) is 11.7 Å². The zero-order chi connectivity index (χ0) is 16.8. The van der Waals surface area contributed by atoms with Gasteiger partial charge in [0.2, 0.25) is 0 Å². The standard InChI is InChI=1S/C18H16FN3O2/c1-9-7-12(19)5-6-14(9)20-17(23)13-8-15(11-3-4-11)21-18-16(13)10(2)22-24-18/h5-8,11H,3-4H2,1-2H3,(H,20,23). The average Bonchev–Trinajstić information content (AvgIpc) is 3.33. The molecule has 1 aliphatic carbocycles. The van der Waals surface area contributed by atoms with Crippen molar-refractivity contribution in [1.82, 2.24) is 10.1 Å². The fraction of sp³-hybridized carbons (Fsp3) is 0.278. The fourth-order valence-corrected chi connectivity index (χ4v) is 2.84. The summed E-state index contributed by atoms with van der Waals surface area (Å²) >= 11 is 0. The maximum atomic E-state index is 13.2. The van der Waals surface area contributed by atoms with Gasteiger partial charge in [0.05, 0.1) is 16.6 Å². The molecule has 0 saturated heterocycles. The van der Waals surface area contributed by atoms with Gasteiger partial charge in [-0.3, -0.25) is 4.79 Å². The molecule has 0 bridgehead atoms. The number of carbonyl (C=O) groups excluding carboxylic acids is 1. The van der Waals surface area contributed by atoms with Crippen molar-refractivity contribution in [3.63, 3.8) is 0 Å². The lowest BCUT2D eigenvalue weighted by atomic mass is 10.1. The highest BCUT2D eigenvalue weighted by molar-refractivity contribution is 6.12. The number of carbonyl (C=O) groups is 1. The van der Waals surface area contributed by atoms with Crippen LogP contribution in [0.2, 0.25) is 0 Å². The second kappa shape index (κ2) is 5.40. The van der Waals surface area contributed by atoms with E-state index in [0.29, 0.717) is 39.5 Å². The third kappa shape index (κ3) is 2.54. The Hall–Kier alpha value is -2.76. The van der Waals surface area contributed by atoms with E-state index >= 15 is 0 Å². The first-order valence-corrected chi connectivity index (χ1v) is 7.87. The van der Waals surface area contributed by atoms with Crippen LogP contribution in [0.3, 0.4) is 0 Å².